The van der Waals surface area contributed by atoms with Gasteiger partial charge in [-0.05, 0) is 83.2 Å². The zero-order valence-electron chi connectivity index (χ0n) is 28.9. The highest BCUT2D eigenvalue weighted by atomic mass is 32.1. The van der Waals surface area contributed by atoms with E-state index in [2.05, 4.69) is 16.0 Å². The molecular weight excluding hydrogens is 616 g/mol. The molecule has 1 unspecified atom stereocenters. The average Bonchev–Trinajstić information content (AvgIpc) is 3.66. The van der Waals surface area contributed by atoms with Crippen LogP contribution in [0, 0.1) is 0 Å². The van der Waals surface area contributed by atoms with E-state index < -0.39 is 34.7 Å². The maximum absolute atomic E-state index is 14.0. The molecule has 0 bridgehead atoms. The molecule has 1 fully saturated rings. The van der Waals surface area contributed by atoms with Crippen molar-refractivity contribution in [1.29, 1.82) is 0 Å². The summed E-state index contributed by atoms with van der Waals surface area (Å²) in [5.74, 6) is -0.957. The van der Waals surface area contributed by atoms with Crippen molar-refractivity contribution in [2.24, 2.45) is 0 Å². The number of amides is 4. The number of nitrogens with zero attached hydrogens (tertiary/aromatic N) is 1. The van der Waals surface area contributed by atoms with Gasteiger partial charge < -0.3 is 30.3 Å². The van der Waals surface area contributed by atoms with E-state index in [9.17, 15) is 19.2 Å². The Morgan fingerprint density at radius 3 is 2.19 bits per heavy atom. The normalized spacial score (nSPS) is 16.4. The first-order valence-electron chi connectivity index (χ1n) is 16.4. The molecule has 4 rings (SSSR count). The van der Waals surface area contributed by atoms with Crippen molar-refractivity contribution in [3.63, 3.8) is 0 Å². The van der Waals surface area contributed by atoms with Gasteiger partial charge in [-0.1, -0.05) is 61.7 Å². The number of hydrogen-bond donors (Lipinski definition) is 3. The van der Waals surface area contributed by atoms with Crippen molar-refractivity contribution in [2.45, 2.75) is 110 Å². The molecule has 2 aliphatic rings. The van der Waals surface area contributed by atoms with Crippen LogP contribution in [0.15, 0.2) is 64.4 Å². The van der Waals surface area contributed by atoms with Crippen LogP contribution in [0.25, 0.3) is 0 Å². The largest absolute Gasteiger partial charge is 0.444 e. The summed E-state index contributed by atoms with van der Waals surface area (Å²) in [6.07, 6.45) is 4.12. The highest BCUT2D eigenvalue weighted by molar-refractivity contribution is 7.07. The Kier molecular flexibility index (Phi) is 13.6. The first-order valence-corrected chi connectivity index (χ1v) is 17.3. The quantitative estimate of drug-likeness (QED) is 0.281. The van der Waals surface area contributed by atoms with Gasteiger partial charge in [0.15, 0.2) is 0 Å². The number of hydrogen-bond acceptors (Lipinski definition) is 7. The average molecular weight is 669 g/mol. The molecule has 0 radical (unpaired) electrons. The number of carbonyl (C=O) groups excluding carboxylic acids is 4. The fourth-order valence-corrected chi connectivity index (χ4v) is 6.17. The lowest BCUT2D eigenvalue weighted by Crippen LogP contribution is -2.61. The number of thiophene rings is 1. The van der Waals surface area contributed by atoms with Gasteiger partial charge >= 0.3 is 6.09 Å². The minimum absolute atomic E-state index is 0.0706. The second-order valence-electron chi connectivity index (χ2n) is 13.6. The van der Waals surface area contributed by atoms with Crippen molar-refractivity contribution in [3.05, 3.63) is 69.9 Å². The number of ether oxygens (including phenoxy) is 2. The van der Waals surface area contributed by atoms with Crippen molar-refractivity contribution in [3.8, 4) is 0 Å². The lowest BCUT2D eigenvalue weighted by molar-refractivity contribution is -0.139. The number of alkyl carbamates (subject to hydrolysis) is 1. The summed E-state index contributed by atoms with van der Waals surface area (Å²) in [4.78, 5) is 54.3. The summed E-state index contributed by atoms with van der Waals surface area (Å²) < 4.78 is 11.2. The van der Waals surface area contributed by atoms with Gasteiger partial charge in [0.05, 0.1) is 18.8 Å². The summed E-state index contributed by atoms with van der Waals surface area (Å²) in [6.45, 7) is 12.9. The Morgan fingerprint density at radius 1 is 1.00 bits per heavy atom. The Morgan fingerprint density at radius 2 is 1.64 bits per heavy atom. The van der Waals surface area contributed by atoms with Gasteiger partial charge in [0, 0.05) is 18.7 Å². The van der Waals surface area contributed by atoms with Crippen molar-refractivity contribution >= 4 is 35.2 Å². The molecule has 258 valence electrons. The summed E-state index contributed by atoms with van der Waals surface area (Å²) in [6, 6.07) is 12.6. The van der Waals surface area contributed by atoms with Crippen molar-refractivity contribution in [2.75, 3.05) is 19.7 Å². The van der Waals surface area contributed by atoms with Gasteiger partial charge in [0.25, 0.3) is 0 Å². The maximum Gasteiger partial charge on any atom is 0.408 e. The van der Waals surface area contributed by atoms with Gasteiger partial charge in [-0.15, -0.1) is 0 Å². The summed E-state index contributed by atoms with van der Waals surface area (Å²) >= 11 is 1.71. The van der Waals surface area contributed by atoms with E-state index in [1.807, 2.05) is 67.1 Å². The van der Waals surface area contributed by atoms with E-state index in [4.69, 9.17) is 9.47 Å². The third-order valence-electron chi connectivity index (χ3n) is 8.28. The smallest absolute Gasteiger partial charge is 0.408 e. The van der Waals surface area contributed by atoms with E-state index in [1.165, 1.54) is 0 Å². The molecule has 11 heteroatoms. The van der Waals surface area contributed by atoms with Crippen LogP contribution in [-0.2, 0) is 30.5 Å². The Balaban J connectivity index is 0.00000109. The second-order valence-corrected chi connectivity index (χ2v) is 14.4. The molecule has 1 aliphatic heterocycles. The standard InChI is InChI=1S/C32H48N4O6.C4H4S/c1-8-36(19-24-22(2)26(37)34-32(24)17-13-10-14-18-32)27(38)25(21-41-20-23-15-11-9-12-16-23)33-28(39)31(6,7)35-29(40)42-30(3,4)5;1-2-4-5-3-1/h9,11-12,15-16,25H,8,10,13-14,17-21H2,1-7H3,(H,33,39)(H,34,37)(H,35,40);1-4H. The Hall–Kier alpha value is -3.70. The Bertz CT molecular complexity index is 1340. The highest BCUT2D eigenvalue weighted by Gasteiger charge is 2.45. The van der Waals surface area contributed by atoms with Crippen LogP contribution in [-0.4, -0.2) is 71.1 Å². The van der Waals surface area contributed by atoms with Crippen LogP contribution < -0.4 is 16.0 Å². The first kappa shape index (κ1) is 37.8. The molecule has 2 aromatic rings. The molecule has 1 aromatic carbocycles. The van der Waals surface area contributed by atoms with E-state index in [0.29, 0.717) is 12.1 Å². The second kappa shape index (κ2) is 16.9. The molecule has 4 amide bonds. The molecule has 47 heavy (non-hydrogen) atoms. The third-order valence-corrected chi connectivity index (χ3v) is 8.91. The van der Waals surface area contributed by atoms with Crippen molar-refractivity contribution in [1.82, 2.24) is 20.9 Å². The van der Waals surface area contributed by atoms with Crippen LogP contribution in [0.1, 0.15) is 86.1 Å². The molecule has 3 N–H and O–H groups in total. The van der Waals surface area contributed by atoms with E-state index in [0.717, 1.165) is 43.2 Å². The minimum Gasteiger partial charge on any atom is -0.444 e. The third kappa shape index (κ3) is 11.2. The predicted octanol–water partition coefficient (Wildman–Crippen LogP) is 5.74. The van der Waals surface area contributed by atoms with Gasteiger partial charge in [-0.25, -0.2) is 4.79 Å². The monoisotopic (exact) mass is 668 g/mol. The molecule has 1 atom stereocenters. The topological polar surface area (TPSA) is 126 Å². The van der Waals surface area contributed by atoms with Crippen LogP contribution >= 0.6 is 11.3 Å². The molecule has 1 aromatic heterocycles. The number of rotatable bonds is 11. The summed E-state index contributed by atoms with van der Waals surface area (Å²) in [5, 5.41) is 12.7. The van der Waals surface area contributed by atoms with E-state index in [-0.39, 0.29) is 31.6 Å². The van der Waals surface area contributed by atoms with E-state index in [1.54, 1.807) is 50.9 Å². The SMILES string of the molecule is CCN(CC1=C(C)C(=O)NC12CCCCC2)C(=O)C(COCc1ccccc1)NC(=O)C(C)(C)NC(=O)OC(C)(C)C.c1ccsc1. The molecule has 2 heterocycles. The fourth-order valence-electron chi connectivity index (χ4n) is 5.72. The molecule has 1 spiro atoms. The van der Waals surface area contributed by atoms with Crippen molar-refractivity contribution < 1.29 is 28.7 Å². The fraction of sp³-hybridized carbons (Fsp3) is 0.556. The predicted molar refractivity (Wildman–Crippen MR) is 185 cm³/mol. The van der Waals surface area contributed by atoms with Gasteiger partial charge in [0.2, 0.25) is 17.7 Å². The summed E-state index contributed by atoms with van der Waals surface area (Å²) in [5.41, 5.74) is 0.0154. The van der Waals surface area contributed by atoms with E-state index >= 15 is 0 Å². The Labute approximate surface area is 283 Å². The van der Waals surface area contributed by atoms with Gasteiger partial charge in [0.1, 0.15) is 17.2 Å². The molecule has 10 nitrogen and oxygen atoms in total. The van der Waals surface area contributed by atoms with Crippen LogP contribution in [0.3, 0.4) is 0 Å². The number of benzene rings is 1. The lowest BCUT2D eigenvalue weighted by atomic mass is 9.76. The number of nitrogens with one attached hydrogen (secondary N) is 3. The maximum atomic E-state index is 14.0. The van der Waals surface area contributed by atoms with Crippen LogP contribution in [0.5, 0.6) is 0 Å². The first-order chi connectivity index (χ1) is 22.2. The zero-order valence-corrected chi connectivity index (χ0v) is 29.8. The summed E-state index contributed by atoms with van der Waals surface area (Å²) in [7, 11) is 0. The molecule has 0 saturated heterocycles. The lowest BCUT2D eigenvalue weighted by Gasteiger charge is -2.39. The highest BCUT2D eigenvalue weighted by Crippen LogP contribution is 2.40. The van der Waals surface area contributed by atoms with Gasteiger partial charge in [-0.2, -0.15) is 11.3 Å². The van der Waals surface area contributed by atoms with Crippen LogP contribution in [0.2, 0.25) is 0 Å². The zero-order chi connectivity index (χ0) is 34.7. The molecular formula is C36H52N4O6S. The minimum atomic E-state index is -1.37. The molecule has 1 aliphatic carbocycles. The van der Waals surface area contributed by atoms with Gasteiger partial charge in [-0.3, -0.25) is 14.4 Å². The number of carbonyl (C=O) groups is 4. The van der Waals surface area contributed by atoms with Crippen LogP contribution in [0.4, 0.5) is 4.79 Å². The number of likely N-dealkylation sites (N-methyl/N-ethyl adjacent to an activating group) is 1. The molecule has 1 saturated carbocycles.